The first kappa shape index (κ1) is 18.4. The number of carbonyl (C=O) groups excluding carboxylic acids is 2. The first-order valence-corrected chi connectivity index (χ1v) is 8.74. The molecule has 0 aromatic heterocycles. The van der Waals surface area contributed by atoms with Crippen LogP contribution in [-0.4, -0.2) is 18.9 Å². The zero-order chi connectivity index (χ0) is 20.4. The van der Waals surface area contributed by atoms with Gasteiger partial charge in [-0.2, -0.15) is 0 Å². The van der Waals surface area contributed by atoms with Crippen molar-refractivity contribution in [2.45, 2.75) is 0 Å². The highest BCUT2D eigenvalue weighted by Crippen LogP contribution is 2.35. The number of ether oxygens (including phenoxy) is 3. The third kappa shape index (κ3) is 3.73. The molecule has 3 aromatic carbocycles. The van der Waals surface area contributed by atoms with E-state index in [2.05, 4.69) is 0 Å². The molecule has 1 aliphatic rings. The van der Waals surface area contributed by atoms with E-state index in [0.29, 0.717) is 11.3 Å². The maximum atomic E-state index is 13.7. The van der Waals surface area contributed by atoms with Crippen LogP contribution in [0.2, 0.25) is 0 Å². The van der Waals surface area contributed by atoms with Crippen LogP contribution in [0.25, 0.3) is 6.08 Å². The maximum Gasteiger partial charge on any atom is 0.346 e. The first-order chi connectivity index (χ1) is 14.0. The summed E-state index contributed by atoms with van der Waals surface area (Å²) in [4.78, 5) is 24.7. The van der Waals surface area contributed by atoms with E-state index in [1.807, 2.05) is 6.07 Å². The topological polar surface area (TPSA) is 61.8 Å². The molecule has 5 nitrogen and oxygen atoms in total. The van der Waals surface area contributed by atoms with Gasteiger partial charge < -0.3 is 14.2 Å². The van der Waals surface area contributed by atoms with Crippen LogP contribution in [-0.2, 0) is 0 Å². The zero-order valence-corrected chi connectivity index (χ0v) is 15.3. The molecule has 0 radical (unpaired) electrons. The van der Waals surface area contributed by atoms with Crippen molar-refractivity contribution in [1.29, 1.82) is 0 Å². The Hall–Kier alpha value is -3.93. The monoisotopic (exact) mass is 390 g/mol. The summed E-state index contributed by atoms with van der Waals surface area (Å²) in [5.41, 5.74) is 0.917. The molecule has 1 aliphatic heterocycles. The highest BCUT2D eigenvalue weighted by Gasteiger charge is 2.28. The van der Waals surface area contributed by atoms with Gasteiger partial charge in [0.15, 0.2) is 5.76 Å². The molecular weight excluding hydrogens is 375 g/mol. The van der Waals surface area contributed by atoms with Crippen LogP contribution in [0.3, 0.4) is 0 Å². The second-order valence-electron chi connectivity index (χ2n) is 6.24. The van der Waals surface area contributed by atoms with Gasteiger partial charge in [-0.05, 0) is 48.0 Å². The van der Waals surface area contributed by atoms with Gasteiger partial charge in [0, 0.05) is 6.07 Å². The van der Waals surface area contributed by atoms with E-state index in [-0.39, 0.29) is 28.6 Å². The summed E-state index contributed by atoms with van der Waals surface area (Å²) in [6, 6.07) is 17.1. The number of rotatable bonds is 4. The number of carbonyl (C=O) groups is 2. The lowest BCUT2D eigenvalue weighted by atomic mass is 10.1. The fourth-order valence-electron chi connectivity index (χ4n) is 2.90. The van der Waals surface area contributed by atoms with E-state index in [4.69, 9.17) is 14.2 Å². The largest absolute Gasteiger partial charge is 0.497 e. The molecule has 0 fully saturated rings. The Kier molecular flexibility index (Phi) is 4.83. The van der Waals surface area contributed by atoms with Crippen molar-refractivity contribution in [1.82, 2.24) is 0 Å². The van der Waals surface area contributed by atoms with Crippen LogP contribution in [0.4, 0.5) is 4.39 Å². The van der Waals surface area contributed by atoms with E-state index in [0.717, 1.165) is 5.56 Å². The SMILES string of the molecule is COc1cccc(C=C2Oc3cc(OC(=O)c4ccccc4F)ccc3C2=O)c1. The van der Waals surface area contributed by atoms with Crippen molar-refractivity contribution in [3.8, 4) is 17.2 Å². The van der Waals surface area contributed by atoms with E-state index in [1.54, 1.807) is 37.5 Å². The van der Waals surface area contributed by atoms with Gasteiger partial charge in [-0.15, -0.1) is 0 Å². The minimum atomic E-state index is -0.834. The Morgan fingerprint density at radius 3 is 2.62 bits per heavy atom. The van der Waals surface area contributed by atoms with Crippen LogP contribution in [0, 0.1) is 5.82 Å². The number of esters is 1. The Balaban J connectivity index is 1.56. The average Bonchev–Trinajstić information content (AvgIpc) is 3.03. The van der Waals surface area contributed by atoms with Crippen molar-refractivity contribution in [2.75, 3.05) is 7.11 Å². The van der Waals surface area contributed by atoms with Crippen LogP contribution in [0.1, 0.15) is 26.3 Å². The number of benzene rings is 3. The lowest BCUT2D eigenvalue weighted by Crippen LogP contribution is -2.10. The van der Waals surface area contributed by atoms with Gasteiger partial charge in [0.25, 0.3) is 0 Å². The average molecular weight is 390 g/mol. The van der Waals surface area contributed by atoms with E-state index < -0.39 is 11.8 Å². The summed E-state index contributed by atoms with van der Waals surface area (Å²) >= 11 is 0. The summed E-state index contributed by atoms with van der Waals surface area (Å²) in [6.07, 6.45) is 1.61. The quantitative estimate of drug-likeness (QED) is 0.368. The van der Waals surface area contributed by atoms with Crippen LogP contribution in [0.15, 0.2) is 72.5 Å². The molecule has 0 amide bonds. The third-order valence-corrected chi connectivity index (χ3v) is 4.34. The van der Waals surface area contributed by atoms with Crippen molar-refractivity contribution in [3.63, 3.8) is 0 Å². The van der Waals surface area contributed by atoms with E-state index >= 15 is 0 Å². The fourth-order valence-corrected chi connectivity index (χ4v) is 2.90. The van der Waals surface area contributed by atoms with Gasteiger partial charge in [0.1, 0.15) is 23.1 Å². The molecule has 4 rings (SSSR count). The maximum absolute atomic E-state index is 13.7. The normalized spacial score (nSPS) is 13.7. The standard InChI is InChI=1S/C23H15FO5/c1-27-15-6-4-5-14(11-15)12-21-22(25)18-10-9-16(13-20(18)29-21)28-23(26)17-7-2-3-8-19(17)24/h2-13H,1H3. The Morgan fingerprint density at radius 2 is 1.83 bits per heavy atom. The number of halogens is 1. The molecule has 0 saturated heterocycles. The molecule has 0 saturated carbocycles. The molecule has 0 N–H and O–H groups in total. The number of allylic oxidation sites excluding steroid dienone is 1. The molecular formula is C23H15FO5. The Morgan fingerprint density at radius 1 is 1.00 bits per heavy atom. The van der Waals surface area contributed by atoms with Gasteiger partial charge in [0.05, 0.1) is 18.2 Å². The summed E-state index contributed by atoms with van der Waals surface area (Å²) in [5, 5.41) is 0. The van der Waals surface area contributed by atoms with Crippen molar-refractivity contribution < 1.29 is 28.2 Å². The molecule has 6 heteroatoms. The zero-order valence-electron chi connectivity index (χ0n) is 15.3. The van der Waals surface area contributed by atoms with Gasteiger partial charge in [-0.1, -0.05) is 24.3 Å². The van der Waals surface area contributed by atoms with Crippen molar-refractivity contribution >= 4 is 17.8 Å². The molecule has 0 aliphatic carbocycles. The number of ketones is 1. The number of fused-ring (bicyclic) bond motifs is 1. The highest BCUT2D eigenvalue weighted by molar-refractivity contribution is 6.14. The molecule has 3 aromatic rings. The first-order valence-electron chi connectivity index (χ1n) is 8.74. The third-order valence-electron chi connectivity index (χ3n) is 4.34. The molecule has 0 unspecified atom stereocenters. The van der Waals surface area contributed by atoms with Crippen LogP contribution < -0.4 is 14.2 Å². The predicted octanol–water partition coefficient (Wildman–Crippen LogP) is 4.67. The minimum Gasteiger partial charge on any atom is -0.497 e. The second-order valence-corrected chi connectivity index (χ2v) is 6.24. The second kappa shape index (κ2) is 7.59. The lowest BCUT2D eigenvalue weighted by Gasteiger charge is -2.06. The summed E-state index contributed by atoms with van der Waals surface area (Å²) in [7, 11) is 1.56. The molecule has 0 atom stereocenters. The number of Topliss-reactive ketones (excluding diaryl/α,β-unsaturated/α-hetero) is 1. The molecule has 0 bridgehead atoms. The van der Waals surface area contributed by atoms with Gasteiger partial charge in [-0.3, -0.25) is 4.79 Å². The smallest absolute Gasteiger partial charge is 0.346 e. The fraction of sp³-hybridized carbons (Fsp3) is 0.0435. The minimum absolute atomic E-state index is 0.144. The highest BCUT2D eigenvalue weighted by atomic mass is 19.1. The van der Waals surface area contributed by atoms with Gasteiger partial charge in [0.2, 0.25) is 5.78 Å². The Labute approximate surface area is 166 Å². The number of hydrogen-bond acceptors (Lipinski definition) is 5. The van der Waals surface area contributed by atoms with E-state index in [9.17, 15) is 14.0 Å². The predicted molar refractivity (Wildman–Crippen MR) is 104 cm³/mol. The molecule has 144 valence electrons. The van der Waals surface area contributed by atoms with Gasteiger partial charge in [-0.25, -0.2) is 9.18 Å². The van der Waals surface area contributed by atoms with Crippen LogP contribution >= 0.6 is 0 Å². The number of hydrogen-bond donors (Lipinski definition) is 0. The number of methoxy groups -OCH3 is 1. The Bertz CT molecular complexity index is 1150. The summed E-state index contributed by atoms with van der Waals surface area (Å²) < 4.78 is 29.8. The summed E-state index contributed by atoms with van der Waals surface area (Å²) in [6.45, 7) is 0. The summed E-state index contributed by atoms with van der Waals surface area (Å²) in [5.74, 6) is -0.575. The van der Waals surface area contributed by atoms with Gasteiger partial charge >= 0.3 is 5.97 Å². The van der Waals surface area contributed by atoms with Crippen molar-refractivity contribution in [3.05, 3.63) is 95.0 Å². The molecule has 1 heterocycles. The molecule has 0 spiro atoms. The van der Waals surface area contributed by atoms with Crippen molar-refractivity contribution in [2.24, 2.45) is 0 Å². The molecule has 29 heavy (non-hydrogen) atoms. The van der Waals surface area contributed by atoms with Crippen LogP contribution in [0.5, 0.6) is 17.2 Å². The van der Waals surface area contributed by atoms with E-state index in [1.165, 1.54) is 36.4 Å². The lowest BCUT2D eigenvalue weighted by molar-refractivity contribution is 0.0729.